The van der Waals surface area contributed by atoms with Crippen molar-refractivity contribution in [3.63, 3.8) is 0 Å². The monoisotopic (exact) mass is 255 g/mol. The summed E-state index contributed by atoms with van der Waals surface area (Å²) in [5, 5.41) is 4.80. The zero-order chi connectivity index (χ0) is 11.9. The van der Waals surface area contributed by atoms with Gasteiger partial charge in [-0.15, -0.1) is 0 Å². The normalized spacial score (nSPS) is 31.6. The van der Waals surface area contributed by atoms with Gasteiger partial charge in [-0.2, -0.15) is 11.8 Å². The van der Waals surface area contributed by atoms with E-state index in [9.17, 15) is 0 Å². The van der Waals surface area contributed by atoms with Crippen LogP contribution in [-0.4, -0.2) is 23.6 Å². The van der Waals surface area contributed by atoms with E-state index in [0.29, 0.717) is 0 Å². The van der Waals surface area contributed by atoms with Crippen LogP contribution in [0.15, 0.2) is 0 Å². The second-order valence-corrected chi connectivity index (χ2v) is 7.43. The number of hydrogen-bond acceptors (Lipinski definition) is 2. The van der Waals surface area contributed by atoms with Gasteiger partial charge in [-0.25, -0.2) is 0 Å². The van der Waals surface area contributed by atoms with Gasteiger partial charge in [0.05, 0.1) is 0 Å². The van der Waals surface area contributed by atoms with Crippen LogP contribution in [0.25, 0.3) is 0 Å². The molecule has 1 nitrogen and oxygen atoms in total. The summed E-state index contributed by atoms with van der Waals surface area (Å²) in [5.41, 5.74) is 0. The maximum atomic E-state index is 3.85. The van der Waals surface area contributed by atoms with Crippen LogP contribution in [0.4, 0.5) is 0 Å². The molecule has 2 saturated carbocycles. The van der Waals surface area contributed by atoms with E-state index in [1.165, 1.54) is 70.1 Å². The van der Waals surface area contributed by atoms with Gasteiger partial charge in [0.1, 0.15) is 0 Å². The van der Waals surface area contributed by atoms with E-state index in [2.05, 4.69) is 24.0 Å². The van der Waals surface area contributed by atoms with E-state index >= 15 is 0 Å². The molecular formula is C15H29NS. The van der Waals surface area contributed by atoms with Crippen molar-refractivity contribution in [1.29, 1.82) is 0 Å². The van der Waals surface area contributed by atoms with Crippen molar-refractivity contribution in [2.24, 2.45) is 5.92 Å². The van der Waals surface area contributed by atoms with E-state index in [-0.39, 0.29) is 0 Å². The molecule has 0 aliphatic heterocycles. The van der Waals surface area contributed by atoms with Crippen LogP contribution in [0.5, 0.6) is 0 Å². The van der Waals surface area contributed by atoms with Crippen molar-refractivity contribution in [3.05, 3.63) is 0 Å². The molecule has 0 bridgehead atoms. The molecule has 0 heterocycles. The molecule has 0 aromatic heterocycles. The molecule has 2 unspecified atom stereocenters. The number of thioether (sulfide) groups is 1. The van der Waals surface area contributed by atoms with Crippen LogP contribution in [0.3, 0.4) is 0 Å². The molecule has 2 rings (SSSR count). The summed E-state index contributed by atoms with van der Waals surface area (Å²) < 4.78 is 0. The van der Waals surface area contributed by atoms with Gasteiger partial charge in [0, 0.05) is 11.3 Å². The SMILES string of the molecule is CCSC1CCC(NCC2CCCCCC2)C1. The number of hydrogen-bond donors (Lipinski definition) is 1. The molecule has 17 heavy (non-hydrogen) atoms. The van der Waals surface area contributed by atoms with Crippen molar-refractivity contribution < 1.29 is 0 Å². The van der Waals surface area contributed by atoms with Gasteiger partial charge in [0.25, 0.3) is 0 Å². The van der Waals surface area contributed by atoms with Gasteiger partial charge in [-0.05, 0) is 50.3 Å². The van der Waals surface area contributed by atoms with Crippen LogP contribution in [-0.2, 0) is 0 Å². The highest BCUT2D eigenvalue weighted by Crippen LogP contribution is 2.30. The Bertz CT molecular complexity index is 199. The first-order chi connectivity index (χ1) is 8.38. The van der Waals surface area contributed by atoms with E-state index in [1.54, 1.807) is 0 Å². The Hall–Kier alpha value is 0.310. The summed E-state index contributed by atoms with van der Waals surface area (Å²) >= 11 is 2.17. The molecule has 2 aliphatic carbocycles. The topological polar surface area (TPSA) is 12.0 Å². The van der Waals surface area contributed by atoms with Gasteiger partial charge in [0.15, 0.2) is 0 Å². The lowest BCUT2D eigenvalue weighted by molar-refractivity contribution is 0.392. The smallest absolute Gasteiger partial charge is 0.00781 e. The predicted molar refractivity (Wildman–Crippen MR) is 78.8 cm³/mol. The summed E-state index contributed by atoms with van der Waals surface area (Å²) in [7, 11) is 0. The Morgan fingerprint density at radius 1 is 1.00 bits per heavy atom. The molecule has 2 atom stereocenters. The Morgan fingerprint density at radius 2 is 1.76 bits per heavy atom. The zero-order valence-corrected chi connectivity index (χ0v) is 12.2. The molecule has 0 aromatic rings. The van der Waals surface area contributed by atoms with E-state index in [0.717, 1.165) is 17.2 Å². The fourth-order valence-corrected chi connectivity index (χ4v) is 4.56. The van der Waals surface area contributed by atoms with E-state index < -0.39 is 0 Å². The first kappa shape index (κ1) is 13.7. The largest absolute Gasteiger partial charge is 0.314 e. The van der Waals surface area contributed by atoms with Crippen molar-refractivity contribution in [2.45, 2.75) is 76.0 Å². The van der Waals surface area contributed by atoms with Crippen LogP contribution in [0, 0.1) is 5.92 Å². The second-order valence-electron chi connectivity index (χ2n) is 5.85. The lowest BCUT2D eigenvalue weighted by Gasteiger charge is -2.19. The third-order valence-electron chi connectivity index (χ3n) is 4.46. The van der Waals surface area contributed by atoms with Crippen LogP contribution in [0.1, 0.15) is 64.7 Å². The Labute approximate surface area is 112 Å². The zero-order valence-electron chi connectivity index (χ0n) is 11.4. The van der Waals surface area contributed by atoms with E-state index in [4.69, 9.17) is 0 Å². The number of rotatable bonds is 5. The Morgan fingerprint density at radius 3 is 2.47 bits per heavy atom. The maximum Gasteiger partial charge on any atom is 0.00781 e. The second kappa shape index (κ2) is 7.68. The molecule has 2 aliphatic rings. The number of nitrogens with one attached hydrogen (secondary N) is 1. The highest BCUT2D eigenvalue weighted by atomic mass is 32.2. The third-order valence-corrected chi connectivity index (χ3v) is 5.69. The van der Waals surface area contributed by atoms with Crippen LogP contribution in [0.2, 0.25) is 0 Å². The maximum absolute atomic E-state index is 3.85. The molecule has 1 N–H and O–H groups in total. The van der Waals surface area contributed by atoms with Crippen molar-refractivity contribution >= 4 is 11.8 Å². The average Bonchev–Trinajstić information content (AvgIpc) is 2.63. The summed E-state index contributed by atoms with van der Waals surface area (Å²) in [6, 6.07) is 0.835. The Kier molecular flexibility index (Phi) is 6.21. The molecule has 0 spiro atoms. The minimum atomic E-state index is 0.835. The van der Waals surface area contributed by atoms with Crippen LogP contribution >= 0.6 is 11.8 Å². The van der Waals surface area contributed by atoms with Gasteiger partial charge >= 0.3 is 0 Å². The van der Waals surface area contributed by atoms with Crippen molar-refractivity contribution in [1.82, 2.24) is 5.32 Å². The summed E-state index contributed by atoms with van der Waals surface area (Å²) in [6.45, 7) is 3.59. The molecule has 0 aromatic carbocycles. The lowest BCUT2D eigenvalue weighted by atomic mass is 10.00. The van der Waals surface area contributed by atoms with Crippen LogP contribution < -0.4 is 5.32 Å². The summed E-state index contributed by atoms with van der Waals surface area (Å²) in [5.74, 6) is 2.27. The fourth-order valence-electron chi connectivity index (χ4n) is 3.41. The molecule has 2 fully saturated rings. The molecule has 0 saturated heterocycles. The minimum absolute atomic E-state index is 0.835. The van der Waals surface area contributed by atoms with Gasteiger partial charge in [0.2, 0.25) is 0 Å². The third kappa shape index (κ3) is 4.82. The highest BCUT2D eigenvalue weighted by Gasteiger charge is 2.24. The first-order valence-corrected chi connectivity index (χ1v) is 8.78. The summed E-state index contributed by atoms with van der Waals surface area (Å²) in [4.78, 5) is 0. The van der Waals surface area contributed by atoms with Gasteiger partial charge in [-0.1, -0.05) is 32.6 Å². The predicted octanol–water partition coefficient (Wildman–Crippen LogP) is 4.22. The molecule has 0 radical (unpaired) electrons. The standard InChI is InChI=1S/C15H29NS/c1-2-17-15-10-9-14(11-15)16-12-13-7-5-3-4-6-8-13/h13-16H,2-12H2,1H3. The molecule has 2 heteroatoms. The van der Waals surface area contributed by atoms with Crippen molar-refractivity contribution in [2.75, 3.05) is 12.3 Å². The van der Waals surface area contributed by atoms with Crippen molar-refractivity contribution in [3.8, 4) is 0 Å². The van der Waals surface area contributed by atoms with Gasteiger partial charge in [-0.3, -0.25) is 0 Å². The molecule has 100 valence electrons. The minimum Gasteiger partial charge on any atom is -0.314 e. The first-order valence-electron chi connectivity index (χ1n) is 7.73. The molecular weight excluding hydrogens is 226 g/mol. The molecule has 0 amide bonds. The van der Waals surface area contributed by atoms with E-state index in [1.807, 2.05) is 0 Å². The quantitative estimate of drug-likeness (QED) is 0.738. The highest BCUT2D eigenvalue weighted by molar-refractivity contribution is 7.99. The summed E-state index contributed by atoms with van der Waals surface area (Å²) in [6.07, 6.45) is 13.2. The van der Waals surface area contributed by atoms with Gasteiger partial charge < -0.3 is 5.32 Å². The lowest BCUT2D eigenvalue weighted by Crippen LogP contribution is -2.31. The average molecular weight is 255 g/mol. The fraction of sp³-hybridized carbons (Fsp3) is 1.00. The Balaban J connectivity index is 1.61.